The fourth-order valence-electron chi connectivity index (χ4n) is 3.41. The molecule has 0 bridgehead atoms. The molecular formula is C19H23N7O7S2. The fourth-order valence-corrected chi connectivity index (χ4v) is 5.18. The highest BCUT2D eigenvalue weighted by Gasteiger charge is 2.53. The number of aliphatic carboxylic acids is 1. The van der Waals surface area contributed by atoms with Gasteiger partial charge in [0.2, 0.25) is 11.5 Å². The van der Waals surface area contributed by atoms with Crippen molar-refractivity contribution in [2.75, 3.05) is 18.1 Å². The van der Waals surface area contributed by atoms with Crippen LogP contribution in [0, 0.1) is 0 Å². The van der Waals surface area contributed by atoms with Crippen molar-refractivity contribution < 1.29 is 39.8 Å². The van der Waals surface area contributed by atoms with E-state index >= 15 is 0 Å². The maximum Gasteiger partial charge on any atom is 0.278 e. The molecule has 4 rings (SSSR count). The van der Waals surface area contributed by atoms with Gasteiger partial charge in [0.1, 0.15) is 18.0 Å². The van der Waals surface area contributed by atoms with Gasteiger partial charge in [-0.05, 0) is 6.92 Å². The average Bonchev–Trinajstić information content (AvgIpc) is 3.23. The number of carboxylic acid groups (broad SMARTS) is 1. The van der Waals surface area contributed by atoms with Gasteiger partial charge < -0.3 is 36.7 Å². The van der Waals surface area contributed by atoms with Crippen LogP contribution in [0.3, 0.4) is 0 Å². The molecule has 0 radical (unpaired) electrons. The smallest absolute Gasteiger partial charge is 0.278 e. The van der Waals surface area contributed by atoms with Gasteiger partial charge in [-0.25, -0.2) is 4.57 Å². The molecule has 2 aromatic rings. The van der Waals surface area contributed by atoms with E-state index in [1.807, 2.05) is 22.8 Å². The van der Waals surface area contributed by atoms with Crippen LogP contribution in [0.2, 0.25) is 0 Å². The number of β-lactam (4-membered cyclic amide) rings is 1. The molecule has 2 aromatic heterocycles. The van der Waals surface area contributed by atoms with Gasteiger partial charge in [-0.1, -0.05) is 11.2 Å². The van der Waals surface area contributed by atoms with Gasteiger partial charge in [0, 0.05) is 35.0 Å². The van der Waals surface area contributed by atoms with E-state index in [1.165, 1.54) is 11.8 Å². The van der Waals surface area contributed by atoms with E-state index in [4.69, 9.17) is 10.6 Å². The van der Waals surface area contributed by atoms with E-state index in [1.54, 1.807) is 19.3 Å². The Labute approximate surface area is 207 Å². The molecule has 2 aliphatic heterocycles. The number of amides is 2. The molecule has 35 heavy (non-hydrogen) atoms. The summed E-state index contributed by atoms with van der Waals surface area (Å²) >= 11 is 2.24. The van der Waals surface area contributed by atoms with Gasteiger partial charge >= 0.3 is 0 Å². The van der Waals surface area contributed by atoms with Crippen LogP contribution in [-0.2, 0) is 25.8 Å². The van der Waals surface area contributed by atoms with Crippen molar-refractivity contribution in [3.63, 3.8) is 0 Å². The molecule has 0 spiro atoms. The van der Waals surface area contributed by atoms with Gasteiger partial charge in [-0.15, -0.1) is 11.8 Å². The number of aromatic nitrogens is 3. The molecular weight excluding hydrogens is 502 g/mol. The molecule has 0 aromatic carbocycles. The maximum absolute atomic E-state index is 12.9. The number of carbonyl (C=O) groups excluding carboxylic acids is 3. The Bertz CT molecular complexity index is 1160. The number of nitrogen functional groups attached to an aromatic ring is 1. The molecule has 14 nitrogen and oxygen atoms in total. The minimum Gasteiger partial charge on any atom is -0.543 e. The summed E-state index contributed by atoms with van der Waals surface area (Å²) in [5.41, 5.74) is 5.75. The van der Waals surface area contributed by atoms with E-state index in [2.05, 4.69) is 19.8 Å². The van der Waals surface area contributed by atoms with Crippen molar-refractivity contribution in [2.24, 2.45) is 5.16 Å². The predicted octanol–water partition coefficient (Wildman–Crippen LogP) is -3.40. The van der Waals surface area contributed by atoms with E-state index in [0.717, 1.165) is 16.4 Å². The molecule has 2 amide bonds. The van der Waals surface area contributed by atoms with Gasteiger partial charge in [-0.3, -0.25) is 14.5 Å². The van der Waals surface area contributed by atoms with Crippen molar-refractivity contribution in [2.45, 2.75) is 24.9 Å². The van der Waals surface area contributed by atoms with Gasteiger partial charge in [-0.2, -0.15) is 9.36 Å². The van der Waals surface area contributed by atoms with Crippen molar-refractivity contribution in [3.8, 4) is 0 Å². The Morgan fingerprint density at radius 1 is 1.34 bits per heavy atom. The number of oxime groups is 1. The molecule has 2 aliphatic rings. The minimum atomic E-state index is -1.44. The summed E-state index contributed by atoms with van der Waals surface area (Å²) in [4.78, 5) is 47.7. The Morgan fingerprint density at radius 3 is 2.66 bits per heavy atom. The Morgan fingerprint density at radius 2 is 2.06 bits per heavy atom. The first-order valence-electron chi connectivity index (χ1n) is 9.83. The summed E-state index contributed by atoms with van der Waals surface area (Å²) in [6.45, 7) is 2.19. The summed E-state index contributed by atoms with van der Waals surface area (Å²) < 4.78 is 5.78. The van der Waals surface area contributed by atoms with Crippen LogP contribution in [0.1, 0.15) is 12.7 Å². The molecule has 2 atom stereocenters. The van der Waals surface area contributed by atoms with E-state index in [0.29, 0.717) is 17.9 Å². The Hall–Kier alpha value is -3.60. The second-order valence-corrected chi connectivity index (χ2v) is 8.85. The molecule has 1 fully saturated rings. The third-order valence-electron chi connectivity index (χ3n) is 4.83. The number of carbonyl (C=O) groups is 3. The molecule has 16 heteroatoms. The summed E-state index contributed by atoms with van der Waals surface area (Å²) in [6, 6.07) is 4.54. The summed E-state index contributed by atoms with van der Waals surface area (Å²) in [5.74, 6) is -2.40. The summed E-state index contributed by atoms with van der Waals surface area (Å²) in [7, 11) is 0. The highest BCUT2D eigenvalue weighted by molar-refractivity contribution is 8.00. The first-order chi connectivity index (χ1) is 15.9. The lowest BCUT2D eigenvalue weighted by molar-refractivity contribution is -0.689. The van der Waals surface area contributed by atoms with Crippen LogP contribution in [-0.4, -0.2) is 72.5 Å². The normalized spacial score (nSPS) is 19.1. The van der Waals surface area contributed by atoms with Crippen LogP contribution in [0.25, 0.3) is 0 Å². The van der Waals surface area contributed by atoms with Crippen LogP contribution in [0.15, 0.2) is 47.0 Å². The molecule has 188 valence electrons. The average molecular weight is 526 g/mol. The number of carboxylic acids is 1. The number of nitrogens with one attached hydrogen (secondary N) is 1. The molecule has 1 saturated heterocycles. The van der Waals surface area contributed by atoms with Crippen LogP contribution in [0.4, 0.5) is 5.13 Å². The van der Waals surface area contributed by atoms with Crippen LogP contribution in [0.5, 0.6) is 0 Å². The first-order valence-corrected chi connectivity index (χ1v) is 11.7. The van der Waals surface area contributed by atoms with Gasteiger partial charge in [0.15, 0.2) is 24.1 Å². The molecule has 1 unspecified atom stereocenters. The zero-order valence-electron chi connectivity index (χ0n) is 18.3. The molecule has 0 saturated carbocycles. The minimum absolute atomic E-state index is 0. The second kappa shape index (κ2) is 11.7. The maximum atomic E-state index is 12.9. The monoisotopic (exact) mass is 525 g/mol. The van der Waals surface area contributed by atoms with E-state index in [9.17, 15) is 19.5 Å². The molecule has 7 N–H and O–H groups in total. The topological polar surface area (TPSA) is 230 Å². The van der Waals surface area contributed by atoms with E-state index < -0.39 is 29.2 Å². The zero-order chi connectivity index (χ0) is 23.5. The lowest BCUT2D eigenvalue weighted by Crippen LogP contribution is -2.71. The Balaban J connectivity index is 0.00000216. The number of fused-ring (bicyclic) bond motifs is 1. The lowest BCUT2D eigenvalue weighted by atomic mass is 10.0. The third kappa shape index (κ3) is 5.56. The lowest BCUT2D eigenvalue weighted by Gasteiger charge is -2.50. The van der Waals surface area contributed by atoms with Crippen molar-refractivity contribution in [1.29, 1.82) is 0 Å². The third-order valence-corrected chi connectivity index (χ3v) is 6.71. The van der Waals surface area contributed by atoms with E-state index in [-0.39, 0.29) is 39.9 Å². The number of hydrogen-bond acceptors (Lipinski definition) is 11. The highest BCUT2D eigenvalue weighted by atomic mass is 32.2. The standard InChI is InChI=1S/C19H19N7O5S2.2H2O/c1-2-31-23-11(14-22-19(20)33-24-14)15(27)21-12-16(28)26-13(18(29)30)10(9-32-17(12)26)8-25-6-4-3-5-7-25;;/h3-7,12,17H,2,8-9H2,1H3,(H3-,20,21,22,24,27,29,30);2*1H2/t12?,17-;;/m0../s1. The number of anilines is 1. The van der Waals surface area contributed by atoms with Crippen molar-refractivity contribution in [3.05, 3.63) is 47.7 Å². The number of nitrogens with two attached hydrogens (primary N) is 1. The van der Waals surface area contributed by atoms with Crippen molar-refractivity contribution >= 4 is 51.9 Å². The Kier molecular flexibility index (Phi) is 9.24. The van der Waals surface area contributed by atoms with Crippen LogP contribution < -0.4 is 20.7 Å². The number of rotatable bonds is 8. The first kappa shape index (κ1) is 27.6. The SMILES string of the molecule is CCON=C(C(=O)NC1C(=O)N2C(C(=O)[O-])=C(C[n+]3ccccc3)CS[C@@H]12)c1nsc(N)n1.O.O. The van der Waals surface area contributed by atoms with Crippen molar-refractivity contribution in [1.82, 2.24) is 19.6 Å². The summed E-state index contributed by atoms with van der Waals surface area (Å²) in [5, 5.41) is 17.8. The predicted molar refractivity (Wildman–Crippen MR) is 123 cm³/mol. The fraction of sp³-hybridized carbons (Fsp3) is 0.316. The zero-order valence-corrected chi connectivity index (χ0v) is 20.0. The molecule has 0 aliphatic carbocycles. The second-order valence-electron chi connectivity index (χ2n) is 6.96. The quantitative estimate of drug-likeness (QED) is 0.151. The van der Waals surface area contributed by atoms with Gasteiger partial charge in [0.05, 0.1) is 11.7 Å². The number of nitrogens with zero attached hydrogens (tertiary/aromatic N) is 5. The summed E-state index contributed by atoms with van der Waals surface area (Å²) in [6.07, 6.45) is 3.60. The number of thioether (sulfide) groups is 1. The number of hydrogen-bond donors (Lipinski definition) is 2. The molecule has 4 heterocycles. The van der Waals surface area contributed by atoms with Gasteiger partial charge in [0.25, 0.3) is 11.8 Å². The number of pyridine rings is 1. The largest absolute Gasteiger partial charge is 0.543 e. The highest BCUT2D eigenvalue weighted by Crippen LogP contribution is 2.40. The van der Waals surface area contributed by atoms with Crippen LogP contribution >= 0.6 is 23.3 Å².